The van der Waals surface area contributed by atoms with Crippen LogP contribution in [0.1, 0.15) is 5.56 Å². The average Bonchev–Trinajstić information content (AvgIpc) is 2.46. The number of fused-ring (bicyclic) bond motifs is 2. The van der Waals surface area contributed by atoms with Crippen molar-refractivity contribution in [2.75, 3.05) is 12.3 Å². The second-order valence-corrected chi connectivity index (χ2v) is 5.14. The van der Waals surface area contributed by atoms with Gasteiger partial charge >= 0.3 is 0 Å². The van der Waals surface area contributed by atoms with Crippen LogP contribution in [0.5, 0.6) is 0 Å². The second kappa shape index (κ2) is 5.64. The third-order valence-corrected chi connectivity index (χ3v) is 3.70. The minimum atomic E-state index is 0.864. The Balaban J connectivity index is 2.21. The Kier molecular flexibility index (Phi) is 3.72. The first-order valence-electron chi connectivity index (χ1n) is 6.61. The monoisotopic (exact) mass is 267 g/mol. The summed E-state index contributed by atoms with van der Waals surface area (Å²) in [4.78, 5) is 0. The van der Waals surface area contributed by atoms with E-state index < -0.39 is 0 Å². The molecule has 0 saturated carbocycles. The van der Waals surface area contributed by atoms with Gasteiger partial charge in [0.2, 0.25) is 0 Å². The Morgan fingerprint density at radius 3 is 2.00 bits per heavy atom. The lowest BCUT2D eigenvalue weighted by molar-refractivity contribution is 0.740. The van der Waals surface area contributed by atoms with Gasteiger partial charge in [-0.2, -0.15) is 12.6 Å². The maximum absolute atomic E-state index is 4.25. The maximum Gasteiger partial charge on any atom is 0.0218 e. The highest BCUT2D eigenvalue weighted by Crippen LogP contribution is 2.28. The Hall–Kier alpha value is -1.51. The molecule has 3 aromatic rings. The quantitative estimate of drug-likeness (QED) is 0.413. The van der Waals surface area contributed by atoms with Crippen molar-refractivity contribution in [1.29, 1.82) is 0 Å². The van der Waals surface area contributed by atoms with Crippen LogP contribution in [0.25, 0.3) is 21.5 Å². The van der Waals surface area contributed by atoms with E-state index in [4.69, 9.17) is 0 Å². The first-order chi connectivity index (χ1) is 9.40. The van der Waals surface area contributed by atoms with E-state index in [0.29, 0.717) is 0 Å². The maximum atomic E-state index is 4.25. The molecule has 3 rings (SSSR count). The van der Waals surface area contributed by atoms with Crippen molar-refractivity contribution in [2.45, 2.75) is 6.54 Å². The number of thiol groups is 1. The Morgan fingerprint density at radius 1 is 0.842 bits per heavy atom. The summed E-state index contributed by atoms with van der Waals surface area (Å²) in [6.45, 7) is 1.82. The molecule has 3 aromatic carbocycles. The zero-order valence-electron chi connectivity index (χ0n) is 10.8. The Morgan fingerprint density at radius 2 is 1.42 bits per heavy atom. The Bertz CT molecular complexity index is 652. The molecule has 0 spiro atoms. The van der Waals surface area contributed by atoms with Gasteiger partial charge in [-0.15, -0.1) is 0 Å². The minimum absolute atomic E-state index is 0.864. The first-order valence-corrected chi connectivity index (χ1v) is 7.24. The molecule has 0 aliphatic heterocycles. The standard InChI is InChI=1S/C17H17NS/c19-10-9-18-12-17-15-7-3-1-5-13(15)11-14-6-2-4-8-16(14)17/h1-8,11,18-19H,9-10,12H2. The van der Waals surface area contributed by atoms with Crippen molar-refractivity contribution in [2.24, 2.45) is 0 Å². The van der Waals surface area contributed by atoms with Crippen LogP contribution < -0.4 is 5.32 Å². The zero-order chi connectivity index (χ0) is 13.1. The molecule has 0 amide bonds. The second-order valence-electron chi connectivity index (χ2n) is 4.70. The van der Waals surface area contributed by atoms with Crippen molar-refractivity contribution in [1.82, 2.24) is 5.32 Å². The predicted molar refractivity (Wildman–Crippen MR) is 87.0 cm³/mol. The molecule has 0 bridgehead atoms. The molecule has 19 heavy (non-hydrogen) atoms. The molecule has 0 aromatic heterocycles. The highest BCUT2D eigenvalue weighted by molar-refractivity contribution is 7.80. The van der Waals surface area contributed by atoms with Crippen LogP contribution in [-0.2, 0) is 6.54 Å². The van der Waals surface area contributed by atoms with Crippen molar-refractivity contribution >= 4 is 34.2 Å². The van der Waals surface area contributed by atoms with Gasteiger partial charge in [-0.25, -0.2) is 0 Å². The van der Waals surface area contributed by atoms with Crippen molar-refractivity contribution in [3.05, 3.63) is 60.2 Å². The van der Waals surface area contributed by atoms with Crippen LogP contribution in [-0.4, -0.2) is 12.3 Å². The summed E-state index contributed by atoms with van der Waals surface area (Å²) < 4.78 is 0. The van der Waals surface area contributed by atoms with Crippen LogP contribution in [0.3, 0.4) is 0 Å². The fourth-order valence-electron chi connectivity index (χ4n) is 2.59. The molecular formula is C17H17NS. The van der Waals surface area contributed by atoms with Gasteiger partial charge in [0.25, 0.3) is 0 Å². The minimum Gasteiger partial charge on any atom is -0.312 e. The molecule has 0 aliphatic rings. The fraction of sp³-hybridized carbons (Fsp3) is 0.176. The topological polar surface area (TPSA) is 12.0 Å². The number of rotatable bonds is 4. The Labute approximate surface area is 119 Å². The van der Waals surface area contributed by atoms with E-state index in [0.717, 1.165) is 18.8 Å². The van der Waals surface area contributed by atoms with E-state index in [-0.39, 0.29) is 0 Å². The predicted octanol–water partition coefficient (Wildman–Crippen LogP) is 4.01. The number of nitrogens with one attached hydrogen (secondary N) is 1. The first kappa shape index (κ1) is 12.5. The lowest BCUT2D eigenvalue weighted by atomic mass is 9.97. The van der Waals surface area contributed by atoms with Gasteiger partial charge in [-0.3, -0.25) is 0 Å². The third kappa shape index (κ3) is 2.46. The van der Waals surface area contributed by atoms with Gasteiger partial charge < -0.3 is 5.32 Å². The number of benzene rings is 3. The van der Waals surface area contributed by atoms with Gasteiger partial charge in [0, 0.05) is 18.8 Å². The van der Waals surface area contributed by atoms with Gasteiger partial charge in [-0.05, 0) is 33.2 Å². The summed E-state index contributed by atoms with van der Waals surface area (Å²) >= 11 is 4.25. The van der Waals surface area contributed by atoms with E-state index in [2.05, 4.69) is 72.5 Å². The average molecular weight is 267 g/mol. The smallest absolute Gasteiger partial charge is 0.0218 e. The number of hydrogen-bond donors (Lipinski definition) is 2. The molecule has 0 aliphatic carbocycles. The number of hydrogen-bond acceptors (Lipinski definition) is 2. The molecule has 0 saturated heterocycles. The van der Waals surface area contributed by atoms with Crippen LogP contribution in [0.4, 0.5) is 0 Å². The normalized spacial score (nSPS) is 11.2. The summed E-state index contributed by atoms with van der Waals surface area (Å²) in [5.74, 6) is 0.864. The molecular weight excluding hydrogens is 250 g/mol. The van der Waals surface area contributed by atoms with E-state index in [9.17, 15) is 0 Å². The fourth-order valence-corrected chi connectivity index (χ4v) is 2.75. The van der Waals surface area contributed by atoms with Gasteiger partial charge in [0.15, 0.2) is 0 Å². The van der Waals surface area contributed by atoms with E-state index in [1.54, 1.807) is 0 Å². The summed E-state index contributed by atoms with van der Waals surface area (Å²) in [5.41, 5.74) is 1.38. The molecule has 0 fully saturated rings. The molecule has 0 unspecified atom stereocenters. The highest BCUT2D eigenvalue weighted by Gasteiger charge is 2.06. The summed E-state index contributed by atoms with van der Waals surface area (Å²) in [7, 11) is 0. The van der Waals surface area contributed by atoms with Gasteiger partial charge in [0.05, 0.1) is 0 Å². The lowest BCUT2D eigenvalue weighted by Crippen LogP contribution is -2.16. The van der Waals surface area contributed by atoms with E-state index in [1.807, 2.05) is 0 Å². The SMILES string of the molecule is SCCNCc1c2ccccc2cc2ccccc12. The molecule has 2 heteroatoms. The molecule has 96 valence electrons. The molecule has 0 heterocycles. The molecule has 0 atom stereocenters. The zero-order valence-corrected chi connectivity index (χ0v) is 11.7. The van der Waals surface area contributed by atoms with Crippen LogP contribution in [0, 0.1) is 0 Å². The van der Waals surface area contributed by atoms with Crippen LogP contribution in [0.15, 0.2) is 54.6 Å². The largest absolute Gasteiger partial charge is 0.312 e. The summed E-state index contributed by atoms with van der Waals surface area (Å²) in [6.07, 6.45) is 0. The molecule has 0 radical (unpaired) electrons. The van der Waals surface area contributed by atoms with Crippen LogP contribution >= 0.6 is 12.6 Å². The molecule has 1 nitrogen and oxygen atoms in total. The van der Waals surface area contributed by atoms with Crippen LogP contribution in [0.2, 0.25) is 0 Å². The lowest BCUT2D eigenvalue weighted by Gasteiger charge is -2.12. The van der Waals surface area contributed by atoms with Crippen molar-refractivity contribution < 1.29 is 0 Å². The van der Waals surface area contributed by atoms with Crippen molar-refractivity contribution in [3.63, 3.8) is 0 Å². The summed E-state index contributed by atoms with van der Waals surface area (Å²) in [6, 6.07) is 19.5. The highest BCUT2D eigenvalue weighted by atomic mass is 32.1. The van der Waals surface area contributed by atoms with Gasteiger partial charge in [0.1, 0.15) is 0 Å². The third-order valence-electron chi connectivity index (χ3n) is 3.47. The van der Waals surface area contributed by atoms with Gasteiger partial charge in [-0.1, -0.05) is 48.5 Å². The van der Waals surface area contributed by atoms with E-state index >= 15 is 0 Å². The summed E-state index contributed by atoms with van der Waals surface area (Å²) in [5, 5.41) is 8.76. The molecule has 1 N–H and O–H groups in total. The van der Waals surface area contributed by atoms with E-state index in [1.165, 1.54) is 27.1 Å². The van der Waals surface area contributed by atoms with Crippen molar-refractivity contribution in [3.8, 4) is 0 Å².